The first-order valence-electron chi connectivity index (χ1n) is 9.83. The second-order valence-electron chi connectivity index (χ2n) is 7.61. The topological polar surface area (TPSA) is 75.6 Å². The standard InChI is InChI=1S/C21H21BrFN7/c1-13-11-29(15-7-5-14(23)6-8-15)10-9-28(13)12-18-25-20-16-3-2-4-17(22)19(16)26-21(24)30(20)27-18/h2-8,13H,9-12H2,1H3,(H2,24,26). The van der Waals surface area contributed by atoms with Gasteiger partial charge in [-0.2, -0.15) is 4.52 Å². The molecule has 0 aliphatic carbocycles. The molecule has 0 amide bonds. The highest BCUT2D eigenvalue weighted by molar-refractivity contribution is 9.10. The number of piperazine rings is 1. The summed E-state index contributed by atoms with van der Waals surface area (Å²) in [5.41, 5.74) is 8.68. The first-order chi connectivity index (χ1) is 14.5. The molecule has 30 heavy (non-hydrogen) atoms. The van der Waals surface area contributed by atoms with Gasteiger partial charge in [0.15, 0.2) is 11.5 Å². The van der Waals surface area contributed by atoms with Crippen molar-refractivity contribution < 1.29 is 4.39 Å². The number of nitrogens with zero attached hydrogens (tertiary/aromatic N) is 6. The molecule has 0 saturated carbocycles. The summed E-state index contributed by atoms with van der Waals surface area (Å²) in [6.07, 6.45) is 0. The van der Waals surface area contributed by atoms with Crippen LogP contribution in [0.25, 0.3) is 16.6 Å². The summed E-state index contributed by atoms with van der Waals surface area (Å²) in [5.74, 6) is 0.826. The quantitative estimate of drug-likeness (QED) is 0.494. The van der Waals surface area contributed by atoms with Gasteiger partial charge in [-0.05, 0) is 59.3 Å². The summed E-state index contributed by atoms with van der Waals surface area (Å²) in [6, 6.07) is 12.9. The first kappa shape index (κ1) is 19.2. The van der Waals surface area contributed by atoms with Crippen molar-refractivity contribution in [2.75, 3.05) is 30.3 Å². The number of anilines is 2. The summed E-state index contributed by atoms with van der Waals surface area (Å²) in [5, 5.41) is 5.52. The Labute approximate surface area is 181 Å². The van der Waals surface area contributed by atoms with E-state index in [4.69, 9.17) is 10.7 Å². The maximum Gasteiger partial charge on any atom is 0.223 e. The van der Waals surface area contributed by atoms with Crippen LogP contribution in [0.4, 0.5) is 16.0 Å². The van der Waals surface area contributed by atoms with Crippen molar-refractivity contribution >= 4 is 44.1 Å². The van der Waals surface area contributed by atoms with Gasteiger partial charge >= 0.3 is 0 Å². The Bertz CT molecular complexity index is 1220. The van der Waals surface area contributed by atoms with Gasteiger partial charge in [0.2, 0.25) is 5.95 Å². The maximum absolute atomic E-state index is 13.2. The molecule has 1 fully saturated rings. The number of nitrogen functional groups attached to an aromatic ring is 1. The van der Waals surface area contributed by atoms with Gasteiger partial charge in [0.25, 0.3) is 0 Å². The second-order valence-corrected chi connectivity index (χ2v) is 8.47. The molecule has 3 heterocycles. The molecule has 2 aromatic carbocycles. The average molecular weight is 470 g/mol. The highest BCUT2D eigenvalue weighted by Crippen LogP contribution is 2.26. The predicted molar refractivity (Wildman–Crippen MR) is 119 cm³/mol. The minimum absolute atomic E-state index is 0.211. The lowest BCUT2D eigenvalue weighted by atomic mass is 10.1. The smallest absolute Gasteiger partial charge is 0.223 e. The van der Waals surface area contributed by atoms with Crippen LogP contribution in [0.3, 0.4) is 0 Å². The lowest BCUT2D eigenvalue weighted by molar-refractivity contribution is 0.177. The fraction of sp³-hybridized carbons (Fsp3) is 0.286. The number of rotatable bonds is 3. The summed E-state index contributed by atoms with van der Waals surface area (Å²) in [4.78, 5) is 13.9. The van der Waals surface area contributed by atoms with Crippen molar-refractivity contribution in [1.29, 1.82) is 0 Å². The minimum Gasteiger partial charge on any atom is -0.369 e. The van der Waals surface area contributed by atoms with Crippen LogP contribution in [0.15, 0.2) is 46.9 Å². The summed E-state index contributed by atoms with van der Waals surface area (Å²) in [6.45, 7) is 5.42. The van der Waals surface area contributed by atoms with Crippen molar-refractivity contribution in [2.45, 2.75) is 19.5 Å². The van der Waals surface area contributed by atoms with E-state index in [0.29, 0.717) is 24.2 Å². The molecule has 2 aromatic heterocycles. The van der Waals surface area contributed by atoms with Gasteiger partial charge in [0.1, 0.15) is 5.82 Å². The molecule has 5 rings (SSSR count). The Morgan fingerprint density at radius 2 is 1.93 bits per heavy atom. The number of halogens is 2. The number of para-hydroxylation sites is 1. The third-order valence-electron chi connectivity index (χ3n) is 5.62. The fourth-order valence-corrected chi connectivity index (χ4v) is 4.48. The largest absolute Gasteiger partial charge is 0.369 e. The number of benzene rings is 2. The lowest BCUT2D eigenvalue weighted by Crippen LogP contribution is -2.51. The molecule has 1 aliphatic heterocycles. The molecule has 2 N–H and O–H groups in total. The van der Waals surface area contributed by atoms with Crippen molar-refractivity contribution in [3.63, 3.8) is 0 Å². The van der Waals surface area contributed by atoms with Crippen molar-refractivity contribution in [1.82, 2.24) is 24.5 Å². The summed E-state index contributed by atoms with van der Waals surface area (Å²) in [7, 11) is 0. The molecule has 0 spiro atoms. The maximum atomic E-state index is 13.2. The third kappa shape index (κ3) is 3.37. The van der Waals surface area contributed by atoms with E-state index in [1.807, 2.05) is 30.3 Å². The number of hydrogen-bond acceptors (Lipinski definition) is 6. The van der Waals surface area contributed by atoms with Gasteiger partial charge in [-0.3, -0.25) is 4.90 Å². The molecular formula is C21H21BrFN7. The molecule has 0 radical (unpaired) electrons. The Morgan fingerprint density at radius 1 is 1.13 bits per heavy atom. The summed E-state index contributed by atoms with van der Waals surface area (Å²) >= 11 is 3.53. The third-order valence-corrected chi connectivity index (χ3v) is 6.26. The molecule has 4 aromatic rings. The predicted octanol–water partition coefficient (Wildman–Crippen LogP) is 3.47. The van der Waals surface area contributed by atoms with Crippen LogP contribution in [0.5, 0.6) is 0 Å². The van der Waals surface area contributed by atoms with Gasteiger partial charge in [-0.15, -0.1) is 5.10 Å². The first-order valence-corrected chi connectivity index (χ1v) is 10.6. The van der Waals surface area contributed by atoms with E-state index in [2.05, 4.69) is 42.7 Å². The van der Waals surface area contributed by atoms with Crippen LogP contribution in [0.1, 0.15) is 12.7 Å². The molecule has 1 atom stereocenters. The second kappa shape index (κ2) is 7.48. The average Bonchev–Trinajstić information content (AvgIpc) is 3.16. The Kier molecular flexibility index (Phi) is 4.79. The molecular weight excluding hydrogens is 449 g/mol. The van der Waals surface area contributed by atoms with E-state index in [0.717, 1.165) is 46.5 Å². The Morgan fingerprint density at radius 3 is 2.70 bits per heavy atom. The Balaban J connectivity index is 1.38. The number of hydrogen-bond donors (Lipinski definition) is 1. The summed E-state index contributed by atoms with van der Waals surface area (Å²) < 4.78 is 15.7. The van der Waals surface area contributed by atoms with Gasteiger partial charge in [0.05, 0.1) is 12.1 Å². The van der Waals surface area contributed by atoms with Gasteiger partial charge in [-0.1, -0.05) is 6.07 Å². The molecule has 1 saturated heterocycles. The molecule has 1 aliphatic rings. The fourth-order valence-electron chi connectivity index (χ4n) is 4.03. The monoisotopic (exact) mass is 469 g/mol. The van der Waals surface area contributed by atoms with Crippen LogP contribution in [-0.2, 0) is 6.54 Å². The van der Waals surface area contributed by atoms with Crippen LogP contribution in [-0.4, -0.2) is 50.2 Å². The van der Waals surface area contributed by atoms with E-state index < -0.39 is 0 Å². The van der Waals surface area contributed by atoms with Crippen LogP contribution in [0.2, 0.25) is 0 Å². The molecule has 0 bridgehead atoms. The number of nitrogens with two attached hydrogens (primary N) is 1. The van der Waals surface area contributed by atoms with Crippen molar-refractivity contribution in [3.8, 4) is 0 Å². The molecule has 9 heteroatoms. The van der Waals surface area contributed by atoms with Gasteiger partial charge < -0.3 is 10.6 Å². The molecule has 7 nitrogen and oxygen atoms in total. The number of aromatic nitrogens is 4. The molecule has 1 unspecified atom stereocenters. The van der Waals surface area contributed by atoms with Crippen LogP contribution < -0.4 is 10.6 Å². The van der Waals surface area contributed by atoms with E-state index in [1.54, 1.807) is 4.52 Å². The van der Waals surface area contributed by atoms with Crippen molar-refractivity contribution in [3.05, 3.63) is 58.6 Å². The molecule has 154 valence electrons. The Hall–Kier alpha value is -2.78. The van der Waals surface area contributed by atoms with E-state index >= 15 is 0 Å². The van der Waals surface area contributed by atoms with E-state index in [-0.39, 0.29) is 5.82 Å². The zero-order valence-electron chi connectivity index (χ0n) is 16.5. The van der Waals surface area contributed by atoms with E-state index in [1.165, 1.54) is 12.1 Å². The number of fused-ring (bicyclic) bond motifs is 3. The van der Waals surface area contributed by atoms with Gasteiger partial charge in [-0.25, -0.2) is 14.4 Å². The SMILES string of the molecule is CC1CN(c2ccc(F)cc2)CCN1Cc1nc2c3cccc(Br)c3nc(N)n2n1. The van der Waals surface area contributed by atoms with Crippen molar-refractivity contribution in [2.24, 2.45) is 0 Å². The zero-order valence-corrected chi connectivity index (χ0v) is 18.0. The van der Waals surface area contributed by atoms with Crippen LogP contribution in [0, 0.1) is 5.82 Å². The lowest BCUT2D eigenvalue weighted by Gasteiger charge is -2.40. The van der Waals surface area contributed by atoms with Gasteiger partial charge in [0, 0.05) is 41.2 Å². The normalized spacial score (nSPS) is 17.8. The zero-order chi connectivity index (χ0) is 20.8. The highest BCUT2D eigenvalue weighted by Gasteiger charge is 2.25. The highest BCUT2D eigenvalue weighted by atomic mass is 79.9. The minimum atomic E-state index is -0.211. The van der Waals surface area contributed by atoms with E-state index in [9.17, 15) is 4.39 Å². The van der Waals surface area contributed by atoms with Crippen LogP contribution >= 0.6 is 15.9 Å².